The molecule has 4 nitrogen and oxygen atoms in total. The summed E-state index contributed by atoms with van der Waals surface area (Å²) in [6.07, 6.45) is 2.43. The maximum absolute atomic E-state index is 12.5. The number of carbonyl (C=O) groups is 1. The second-order valence-electron chi connectivity index (χ2n) is 5.90. The highest BCUT2D eigenvalue weighted by molar-refractivity contribution is 5.74. The van der Waals surface area contributed by atoms with Crippen molar-refractivity contribution in [2.75, 3.05) is 39.3 Å². The van der Waals surface area contributed by atoms with Crippen LogP contribution in [0.15, 0.2) is 0 Å². The Morgan fingerprint density at radius 2 is 1.83 bits per heavy atom. The molecule has 0 spiro atoms. The SMILES string of the molecule is CCN1CCN(C(=O)N2CCCC(C)C2)CC1C. The zero-order valence-corrected chi connectivity index (χ0v) is 12.1. The molecule has 2 saturated heterocycles. The second-order valence-corrected chi connectivity index (χ2v) is 5.90. The summed E-state index contributed by atoms with van der Waals surface area (Å²) >= 11 is 0. The Hall–Kier alpha value is -0.770. The fraction of sp³-hybridized carbons (Fsp3) is 0.929. The van der Waals surface area contributed by atoms with Crippen LogP contribution in [-0.4, -0.2) is 66.0 Å². The van der Waals surface area contributed by atoms with Gasteiger partial charge in [0.1, 0.15) is 0 Å². The molecule has 2 rings (SSSR count). The van der Waals surface area contributed by atoms with E-state index in [1.807, 2.05) is 0 Å². The molecule has 0 bridgehead atoms. The fourth-order valence-corrected chi connectivity index (χ4v) is 3.20. The first-order valence-corrected chi connectivity index (χ1v) is 7.39. The van der Waals surface area contributed by atoms with Crippen LogP contribution >= 0.6 is 0 Å². The van der Waals surface area contributed by atoms with E-state index in [-0.39, 0.29) is 6.03 Å². The minimum atomic E-state index is 0.268. The quantitative estimate of drug-likeness (QED) is 0.713. The molecule has 4 heteroatoms. The molecule has 0 aromatic carbocycles. The molecule has 0 aliphatic carbocycles. The zero-order valence-electron chi connectivity index (χ0n) is 12.1. The van der Waals surface area contributed by atoms with Crippen molar-refractivity contribution in [3.63, 3.8) is 0 Å². The second kappa shape index (κ2) is 5.91. The van der Waals surface area contributed by atoms with Crippen molar-refractivity contribution in [3.05, 3.63) is 0 Å². The normalized spacial score (nSPS) is 30.6. The highest BCUT2D eigenvalue weighted by Crippen LogP contribution is 2.18. The van der Waals surface area contributed by atoms with Crippen molar-refractivity contribution in [1.29, 1.82) is 0 Å². The predicted octanol–water partition coefficient (Wildman–Crippen LogP) is 1.86. The Bertz CT molecular complexity index is 295. The van der Waals surface area contributed by atoms with Crippen LogP contribution in [0.4, 0.5) is 4.79 Å². The van der Waals surface area contributed by atoms with Crippen LogP contribution in [0.5, 0.6) is 0 Å². The van der Waals surface area contributed by atoms with Gasteiger partial charge in [-0.15, -0.1) is 0 Å². The van der Waals surface area contributed by atoms with Crippen molar-refractivity contribution in [2.45, 2.75) is 39.7 Å². The van der Waals surface area contributed by atoms with Crippen LogP contribution in [0.3, 0.4) is 0 Å². The highest BCUT2D eigenvalue weighted by atomic mass is 16.2. The Kier molecular flexibility index (Phi) is 4.49. The number of carbonyl (C=O) groups excluding carboxylic acids is 1. The van der Waals surface area contributed by atoms with E-state index in [4.69, 9.17) is 0 Å². The summed E-state index contributed by atoms with van der Waals surface area (Å²) in [6, 6.07) is 0.763. The minimum absolute atomic E-state index is 0.268. The Balaban J connectivity index is 1.89. The van der Waals surface area contributed by atoms with Gasteiger partial charge < -0.3 is 9.80 Å². The van der Waals surface area contributed by atoms with Crippen LogP contribution < -0.4 is 0 Å². The van der Waals surface area contributed by atoms with Crippen molar-refractivity contribution in [2.24, 2.45) is 5.92 Å². The van der Waals surface area contributed by atoms with E-state index in [1.165, 1.54) is 6.42 Å². The summed E-state index contributed by atoms with van der Waals surface area (Å²) in [4.78, 5) is 19.0. The lowest BCUT2D eigenvalue weighted by Crippen LogP contribution is -2.57. The number of hydrogen-bond donors (Lipinski definition) is 0. The number of amides is 2. The molecule has 0 aromatic rings. The number of piperazine rings is 1. The van der Waals surface area contributed by atoms with Gasteiger partial charge in [-0.3, -0.25) is 4.90 Å². The number of nitrogens with zero attached hydrogens (tertiary/aromatic N) is 3. The van der Waals surface area contributed by atoms with E-state index in [1.54, 1.807) is 0 Å². The largest absolute Gasteiger partial charge is 0.324 e. The number of likely N-dealkylation sites (N-methyl/N-ethyl adjacent to an activating group) is 1. The van der Waals surface area contributed by atoms with Crippen molar-refractivity contribution in [3.8, 4) is 0 Å². The van der Waals surface area contributed by atoms with E-state index < -0.39 is 0 Å². The first kappa shape index (κ1) is 13.7. The molecule has 2 amide bonds. The average Bonchev–Trinajstić information content (AvgIpc) is 2.37. The van der Waals surface area contributed by atoms with Crippen molar-refractivity contribution in [1.82, 2.24) is 14.7 Å². The number of hydrogen-bond acceptors (Lipinski definition) is 2. The van der Waals surface area contributed by atoms with E-state index in [0.29, 0.717) is 12.0 Å². The summed E-state index contributed by atoms with van der Waals surface area (Å²) < 4.78 is 0. The summed E-state index contributed by atoms with van der Waals surface area (Å²) in [5.74, 6) is 0.664. The van der Waals surface area contributed by atoms with Crippen molar-refractivity contribution >= 4 is 6.03 Å². The minimum Gasteiger partial charge on any atom is -0.324 e. The molecule has 104 valence electrons. The molecule has 0 aromatic heterocycles. The van der Waals surface area contributed by atoms with Crippen LogP contribution in [0.2, 0.25) is 0 Å². The van der Waals surface area contributed by atoms with Crippen LogP contribution in [-0.2, 0) is 0 Å². The highest BCUT2D eigenvalue weighted by Gasteiger charge is 2.30. The lowest BCUT2D eigenvalue weighted by molar-refractivity contribution is 0.0766. The number of rotatable bonds is 1. The summed E-state index contributed by atoms with van der Waals surface area (Å²) in [6.45, 7) is 12.4. The third-order valence-corrected chi connectivity index (χ3v) is 4.37. The molecule has 0 radical (unpaired) electrons. The van der Waals surface area contributed by atoms with E-state index in [0.717, 1.165) is 45.7 Å². The number of likely N-dealkylation sites (tertiary alicyclic amines) is 1. The molecule has 2 heterocycles. The molecule has 2 atom stereocenters. The van der Waals surface area contributed by atoms with Gasteiger partial charge in [0.15, 0.2) is 0 Å². The summed E-state index contributed by atoms with van der Waals surface area (Å²) in [5.41, 5.74) is 0. The van der Waals surface area contributed by atoms with E-state index >= 15 is 0 Å². The predicted molar refractivity (Wildman–Crippen MR) is 73.6 cm³/mol. The lowest BCUT2D eigenvalue weighted by Gasteiger charge is -2.42. The molecular weight excluding hydrogens is 226 g/mol. The fourth-order valence-electron chi connectivity index (χ4n) is 3.20. The third kappa shape index (κ3) is 2.97. The molecule has 2 unspecified atom stereocenters. The standard InChI is InChI=1S/C14H27N3O/c1-4-15-8-9-17(11-13(15)3)14(18)16-7-5-6-12(2)10-16/h12-13H,4-11H2,1-3H3. The zero-order chi connectivity index (χ0) is 13.1. The van der Waals surface area contributed by atoms with Crippen molar-refractivity contribution < 1.29 is 4.79 Å². The first-order chi connectivity index (χ1) is 8.61. The average molecular weight is 253 g/mol. The van der Waals surface area contributed by atoms with Gasteiger partial charge in [-0.25, -0.2) is 4.79 Å². The topological polar surface area (TPSA) is 26.8 Å². The molecule has 0 N–H and O–H groups in total. The van der Waals surface area contributed by atoms with Gasteiger partial charge in [-0.1, -0.05) is 13.8 Å². The van der Waals surface area contributed by atoms with Crippen LogP contribution in [0.1, 0.15) is 33.6 Å². The first-order valence-electron chi connectivity index (χ1n) is 7.39. The number of piperidine rings is 1. The Morgan fingerprint density at radius 3 is 2.44 bits per heavy atom. The van der Waals surface area contributed by atoms with Gasteiger partial charge >= 0.3 is 6.03 Å². The molecule has 18 heavy (non-hydrogen) atoms. The monoisotopic (exact) mass is 253 g/mol. The van der Waals surface area contributed by atoms with Crippen LogP contribution in [0.25, 0.3) is 0 Å². The Morgan fingerprint density at radius 1 is 1.11 bits per heavy atom. The van der Waals surface area contributed by atoms with Gasteiger partial charge in [0.25, 0.3) is 0 Å². The van der Waals surface area contributed by atoms with Gasteiger partial charge in [-0.2, -0.15) is 0 Å². The van der Waals surface area contributed by atoms with Crippen LogP contribution in [0, 0.1) is 5.92 Å². The molecule has 2 aliphatic rings. The summed E-state index contributed by atoms with van der Waals surface area (Å²) in [7, 11) is 0. The maximum Gasteiger partial charge on any atom is 0.320 e. The van der Waals surface area contributed by atoms with Gasteiger partial charge in [0.2, 0.25) is 0 Å². The third-order valence-electron chi connectivity index (χ3n) is 4.37. The number of urea groups is 1. The lowest BCUT2D eigenvalue weighted by atomic mass is 10.0. The molecule has 2 fully saturated rings. The van der Waals surface area contributed by atoms with E-state index in [9.17, 15) is 4.79 Å². The van der Waals surface area contributed by atoms with E-state index in [2.05, 4.69) is 35.5 Å². The Labute approximate surface area is 111 Å². The van der Waals surface area contributed by atoms with Gasteiger partial charge in [0.05, 0.1) is 0 Å². The molecule has 0 saturated carbocycles. The smallest absolute Gasteiger partial charge is 0.320 e. The van der Waals surface area contributed by atoms with Gasteiger partial charge in [0, 0.05) is 38.8 Å². The summed E-state index contributed by atoms with van der Waals surface area (Å²) in [5, 5.41) is 0. The molecular formula is C14H27N3O. The van der Waals surface area contributed by atoms with Gasteiger partial charge in [-0.05, 0) is 32.2 Å². The molecule has 2 aliphatic heterocycles. The maximum atomic E-state index is 12.5.